The van der Waals surface area contributed by atoms with Gasteiger partial charge in [-0.15, -0.1) is 0 Å². The molecular formula is C25H25N3O4. The highest BCUT2D eigenvalue weighted by molar-refractivity contribution is 6.03. The van der Waals surface area contributed by atoms with Gasteiger partial charge in [0, 0.05) is 5.69 Å². The van der Waals surface area contributed by atoms with Gasteiger partial charge in [0.25, 0.3) is 0 Å². The molecule has 2 N–H and O–H groups in total. The van der Waals surface area contributed by atoms with Gasteiger partial charge in [-0.3, -0.25) is 9.59 Å². The molecule has 0 aliphatic carbocycles. The molecule has 32 heavy (non-hydrogen) atoms. The fraction of sp³-hybridized carbons (Fsp3) is 0.160. The number of nitrogens with one attached hydrogen (secondary N) is 2. The molecule has 3 aromatic carbocycles. The number of amides is 2. The van der Waals surface area contributed by atoms with Crippen LogP contribution in [0.3, 0.4) is 0 Å². The van der Waals surface area contributed by atoms with Crippen LogP contribution in [0.1, 0.15) is 23.1 Å². The molecule has 7 heteroatoms. The van der Waals surface area contributed by atoms with Crippen molar-refractivity contribution in [1.82, 2.24) is 5.43 Å². The molecule has 0 bridgehead atoms. The predicted octanol–water partition coefficient (Wildman–Crippen LogP) is 4.06. The van der Waals surface area contributed by atoms with E-state index >= 15 is 0 Å². The number of methoxy groups -OCH3 is 1. The smallest absolute Gasteiger partial charge is 0.249 e. The number of nitrogens with zero attached hydrogens (tertiary/aromatic N) is 1. The van der Waals surface area contributed by atoms with Crippen LogP contribution in [0.4, 0.5) is 5.69 Å². The van der Waals surface area contributed by atoms with E-state index in [2.05, 4.69) is 21.9 Å². The second-order valence-electron chi connectivity index (χ2n) is 7.09. The lowest BCUT2D eigenvalue weighted by Gasteiger charge is -2.07. The van der Waals surface area contributed by atoms with Crippen molar-refractivity contribution in [3.63, 3.8) is 0 Å². The molecule has 0 heterocycles. The summed E-state index contributed by atoms with van der Waals surface area (Å²) >= 11 is 0. The van der Waals surface area contributed by atoms with Gasteiger partial charge >= 0.3 is 0 Å². The molecule has 0 atom stereocenters. The summed E-state index contributed by atoms with van der Waals surface area (Å²) in [4.78, 5) is 23.9. The largest absolute Gasteiger partial charge is 0.497 e. The molecule has 164 valence electrons. The van der Waals surface area contributed by atoms with Gasteiger partial charge in [0.1, 0.15) is 24.5 Å². The summed E-state index contributed by atoms with van der Waals surface area (Å²) in [5.41, 5.74) is 6.02. The number of anilines is 1. The number of hydrazone groups is 1. The Balaban J connectivity index is 1.41. The lowest BCUT2D eigenvalue weighted by Crippen LogP contribution is -2.24. The number of carbonyl (C=O) groups excluding carboxylic acids is 2. The lowest BCUT2D eigenvalue weighted by molar-refractivity contribution is -0.126. The van der Waals surface area contributed by atoms with Gasteiger partial charge in [0.15, 0.2) is 0 Å². The highest BCUT2D eigenvalue weighted by Crippen LogP contribution is 2.15. The first-order valence-corrected chi connectivity index (χ1v) is 10.1. The van der Waals surface area contributed by atoms with Gasteiger partial charge in [-0.05, 0) is 66.6 Å². The summed E-state index contributed by atoms with van der Waals surface area (Å²) in [7, 11) is 1.56. The third-order valence-corrected chi connectivity index (χ3v) is 4.47. The van der Waals surface area contributed by atoms with Crippen molar-refractivity contribution in [3.05, 3.63) is 89.5 Å². The van der Waals surface area contributed by atoms with Crippen LogP contribution in [0.15, 0.2) is 77.9 Å². The van der Waals surface area contributed by atoms with Gasteiger partial charge in [-0.2, -0.15) is 5.10 Å². The minimum absolute atomic E-state index is 0.338. The Morgan fingerprint density at radius 2 is 1.66 bits per heavy atom. The van der Waals surface area contributed by atoms with Crippen molar-refractivity contribution in [2.75, 3.05) is 12.4 Å². The van der Waals surface area contributed by atoms with Crippen molar-refractivity contribution in [2.24, 2.45) is 5.10 Å². The summed E-state index contributed by atoms with van der Waals surface area (Å²) in [6.07, 6.45) is 1.17. The Morgan fingerprint density at radius 3 is 2.34 bits per heavy atom. The maximum Gasteiger partial charge on any atom is 0.249 e. The molecule has 0 saturated carbocycles. The van der Waals surface area contributed by atoms with E-state index in [0.717, 1.165) is 16.9 Å². The number of aryl methyl sites for hydroxylation is 1. The molecular weight excluding hydrogens is 406 g/mol. The predicted molar refractivity (Wildman–Crippen MR) is 124 cm³/mol. The Hall–Kier alpha value is -4.13. The first-order valence-electron chi connectivity index (χ1n) is 10.1. The topological polar surface area (TPSA) is 89.0 Å². The van der Waals surface area contributed by atoms with E-state index in [1.54, 1.807) is 31.4 Å². The maximum atomic E-state index is 12.0. The summed E-state index contributed by atoms with van der Waals surface area (Å²) < 4.78 is 10.8. The SMILES string of the molecule is COc1ccc(NC(=O)CC(=O)NN=Cc2ccc(OCc3cccc(C)c3)cc2)cc1. The minimum Gasteiger partial charge on any atom is -0.497 e. The number of hydrogen-bond acceptors (Lipinski definition) is 5. The van der Waals surface area contributed by atoms with Gasteiger partial charge < -0.3 is 14.8 Å². The number of carbonyl (C=O) groups is 2. The molecule has 0 radical (unpaired) electrons. The number of rotatable bonds is 9. The molecule has 0 fully saturated rings. The van der Waals surface area contributed by atoms with Crippen molar-refractivity contribution >= 4 is 23.7 Å². The Morgan fingerprint density at radius 1 is 0.938 bits per heavy atom. The van der Waals surface area contributed by atoms with Crippen LogP contribution < -0.4 is 20.2 Å². The third kappa shape index (κ3) is 7.28. The first kappa shape index (κ1) is 22.6. The molecule has 3 rings (SSSR count). The zero-order valence-corrected chi connectivity index (χ0v) is 18.0. The average molecular weight is 431 g/mol. The highest BCUT2D eigenvalue weighted by atomic mass is 16.5. The zero-order chi connectivity index (χ0) is 22.8. The van der Waals surface area contributed by atoms with Crippen molar-refractivity contribution in [2.45, 2.75) is 20.0 Å². The lowest BCUT2D eigenvalue weighted by atomic mass is 10.1. The van der Waals surface area contributed by atoms with Crippen molar-refractivity contribution in [1.29, 1.82) is 0 Å². The second kappa shape index (κ2) is 11.3. The number of hydrogen-bond donors (Lipinski definition) is 2. The Bertz CT molecular complexity index is 1080. The molecule has 0 spiro atoms. The Labute approximate surface area is 187 Å². The van der Waals surface area contributed by atoms with E-state index in [1.807, 2.05) is 49.4 Å². The van der Waals surface area contributed by atoms with E-state index < -0.39 is 11.8 Å². The summed E-state index contributed by atoms with van der Waals surface area (Å²) in [6.45, 7) is 2.54. The molecule has 7 nitrogen and oxygen atoms in total. The molecule has 2 amide bonds. The van der Waals surface area contributed by atoms with E-state index in [1.165, 1.54) is 11.8 Å². The summed E-state index contributed by atoms with van der Waals surface area (Å²) in [6, 6.07) is 22.3. The molecule has 0 aromatic heterocycles. The fourth-order valence-corrected chi connectivity index (χ4v) is 2.86. The van der Waals surface area contributed by atoms with Gasteiger partial charge in [-0.1, -0.05) is 29.8 Å². The van der Waals surface area contributed by atoms with E-state index in [-0.39, 0.29) is 6.42 Å². The van der Waals surface area contributed by atoms with Crippen LogP contribution in [0, 0.1) is 6.92 Å². The molecule has 0 unspecified atom stereocenters. The van der Waals surface area contributed by atoms with Crippen LogP contribution in [0.2, 0.25) is 0 Å². The average Bonchev–Trinajstić information content (AvgIpc) is 2.79. The molecule has 3 aromatic rings. The fourth-order valence-electron chi connectivity index (χ4n) is 2.86. The summed E-state index contributed by atoms with van der Waals surface area (Å²) in [5, 5.41) is 6.54. The third-order valence-electron chi connectivity index (χ3n) is 4.47. The van der Waals surface area contributed by atoms with Gasteiger partial charge in [0.05, 0.1) is 13.3 Å². The zero-order valence-electron chi connectivity index (χ0n) is 18.0. The number of benzene rings is 3. The Kier molecular flexibility index (Phi) is 7.97. The van der Waals surface area contributed by atoms with Crippen LogP contribution >= 0.6 is 0 Å². The monoisotopic (exact) mass is 431 g/mol. The number of ether oxygens (including phenoxy) is 2. The quantitative estimate of drug-likeness (QED) is 0.304. The molecule has 0 aliphatic rings. The minimum atomic E-state index is -0.509. The summed E-state index contributed by atoms with van der Waals surface area (Å²) in [5.74, 6) is 0.479. The molecule has 0 aliphatic heterocycles. The normalized spacial score (nSPS) is 10.6. The van der Waals surface area contributed by atoms with Crippen LogP contribution in [-0.2, 0) is 16.2 Å². The van der Waals surface area contributed by atoms with Gasteiger partial charge in [-0.25, -0.2) is 5.43 Å². The first-order chi connectivity index (χ1) is 15.5. The maximum absolute atomic E-state index is 12.0. The van der Waals surface area contributed by atoms with E-state index in [0.29, 0.717) is 18.0 Å². The van der Waals surface area contributed by atoms with Crippen LogP contribution in [-0.4, -0.2) is 25.1 Å². The molecule has 0 saturated heterocycles. The van der Waals surface area contributed by atoms with Crippen molar-refractivity contribution in [3.8, 4) is 11.5 Å². The van der Waals surface area contributed by atoms with E-state index in [4.69, 9.17) is 9.47 Å². The van der Waals surface area contributed by atoms with E-state index in [9.17, 15) is 9.59 Å². The van der Waals surface area contributed by atoms with Gasteiger partial charge in [0.2, 0.25) is 11.8 Å². The standard InChI is InChI=1S/C25H25N3O4/c1-18-4-3-5-20(14-18)17-32-23-10-6-19(7-11-23)16-26-28-25(30)15-24(29)27-21-8-12-22(31-2)13-9-21/h3-14,16H,15,17H2,1-2H3,(H,27,29)(H,28,30). The van der Waals surface area contributed by atoms with Crippen LogP contribution in [0.5, 0.6) is 11.5 Å². The second-order valence-corrected chi connectivity index (χ2v) is 7.09. The van der Waals surface area contributed by atoms with Crippen molar-refractivity contribution < 1.29 is 19.1 Å². The highest BCUT2D eigenvalue weighted by Gasteiger charge is 2.09. The van der Waals surface area contributed by atoms with Crippen LogP contribution in [0.25, 0.3) is 0 Å².